The van der Waals surface area contributed by atoms with Gasteiger partial charge in [-0.15, -0.1) is 0 Å². The molecule has 0 fully saturated rings. The molecule has 0 atom stereocenters. The summed E-state index contributed by atoms with van der Waals surface area (Å²) in [5.41, 5.74) is 4.66. The first-order chi connectivity index (χ1) is 9.72. The smallest absolute Gasteiger partial charge is 0.121 e. The van der Waals surface area contributed by atoms with Crippen molar-refractivity contribution >= 4 is 5.69 Å². The monoisotopic (exact) mass is 271 g/mol. The van der Waals surface area contributed by atoms with E-state index in [9.17, 15) is 0 Å². The van der Waals surface area contributed by atoms with Gasteiger partial charge in [0, 0.05) is 19.3 Å². The van der Waals surface area contributed by atoms with Gasteiger partial charge in [-0.1, -0.05) is 24.3 Å². The number of hydrogen-bond donors (Lipinski definition) is 1. The van der Waals surface area contributed by atoms with E-state index in [1.165, 1.54) is 11.1 Å². The molecular formula is C17H21NO2. The SMILES string of the molecule is COCc1cccc(NCc2ccc(OC)c(C)c2)c1. The first-order valence-electron chi connectivity index (χ1n) is 6.68. The van der Waals surface area contributed by atoms with Crippen LogP contribution in [0.1, 0.15) is 16.7 Å². The summed E-state index contributed by atoms with van der Waals surface area (Å²) in [5, 5.41) is 3.43. The van der Waals surface area contributed by atoms with Crippen LogP contribution in [0.4, 0.5) is 5.69 Å². The van der Waals surface area contributed by atoms with Gasteiger partial charge < -0.3 is 14.8 Å². The summed E-state index contributed by atoms with van der Waals surface area (Å²) in [7, 11) is 3.40. The van der Waals surface area contributed by atoms with Crippen molar-refractivity contribution in [2.45, 2.75) is 20.1 Å². The molecule has 0 aliphatic rings. The molecule has 0 saturated carbocycles. The minimum atomic E-state index is 0.636. The van der Waals surface area contributed by atoms with Gasteiger partial charge in [0.25, 0.3) is 0 Å². The fraction of sp³-hybridized carbons (Fsp3) is 0.294. The summed E-state index contributed by atoms with van der Waals surface area (Å²) in [6.07, 6.45) is 0. The number of aryl methyl sites for hydroxylation is 1. The summed E-state index contributed by atoms with van der Waals surface area (Å²) in [5.74, 6) is 0.927. The summed E-state index contributed by atoms with van der Waals surface area (Å²) in [6, 6.07) is 14.5. The minimum absolute atomic E-state index is 0.636. The van der Waals surface area contributed by atoms with Crippen LogP contribution in [0.5, 0.6) is 5.75 Å². The van der Waals surface area contributed by atoms with E-state index >= 15 is 0 Å². The van der Waals surface area contributed by atoms with Gasteiger partial charge in [0.15, 0.2) is 0 Å². The van der Waals surface area contributed by atoms with Gasteiger partial charge in [-0.3, -0.25) is 0 Å². The molecule has 20 heavy (non-hydrogen) atoms. The van der Waals surface area contributed by atoms with Crippen molar-refractivity contribution in [3.8, 4) is 5.75 Å². The molecule has 2 aromatic rings. The number of rotatable bonds is 6. The topological polar surface area (TPSA) is 30.5 Å². The van der Waals surface area contributed by atoms with Crippen LogP contribution < -0.4 is 10.1 Å². The number of ether oxygens (including phenoxy) is 2. The lowest BCUT2D eigenvalue weighted by molar-refractivity contribution is 0.185. The third-order valence-corrected chi connectivity index (χ3v) is 3.19. The van der Waals surface area contributed by atoms with Gasteiger partial charge in [0.05, 0.1) is 13.7 Å². The van der Waals surface area contributed by atoms with Crippen LogP contribution in [-0.2, 0) is 17.9 Å². The van der Waals surface area contributed by atoms with E-state index in [0.717, 1.165) is 23.5 Å². The predicted octanol–water partition coefficient (Wildman–Crippen LogP) is 3.76. The second kappa shape index (κ2) is 6.96. The molecule has 0 spiro atoms. The largest absolute Gasteiger partial charge is 0.496 e. The molecule has 106 valence electrons. The van der Waals surface area contributed by atoms with E-state index in [-0.39, 0.29) is 0 Å². The molecule has 0 unspecified atom stereocenters. The first kappa shape index (κ1) is 14.4. The number of anilines is 1. The summed E-state index contributed by atoms with van der Waals surface area (Å²) in [4.78, 5) is 0. The van der Waals surface area contributed by atoms with Crippen molar-refractivity contribution < 1.29 is 9.47 Å². The van der Waals surface area contributed by atoms with Gasteiger partial charge in [0.1, 0.15) is 5.75 Å². The molecule has 0 aliphatic heterocycles. The summed E-state index contributed by atoms with van der Waals surface area (Å²) < 4.78 is 10.4. The van der Waals surface area contributed by atoms with E-state index < -0.39 is 0 Å². The van der Waals surface area contributed by atoms with Gasteiger partial charge >= 0.3 is 0 Å². The Kier molecular flexibility index (Phi) is 5.02. The summed E-state index contributed by atoms with van der Waals surface area (Å²) >= 11 is 0. The Bertz CT molecular complexity index is 567. The van der Waals surface area contributed by atoms with E-state index in [1.54, 1.807) is 14.2 Å². The molecule has 1 N–H and O–H groups in total. The maximum Gasteiger partial charge on any atom is 0.121 e. The highest BCUT2D eigenvalue weighted by molar-refractivity contribution is 5.46. The Labute approximate surface area is 120 Å². The molecule has 3 heteroatoms. The molecule has 0 aromatic heterocycles. The average molecular weight is 271 g/mol. The van der Waals surface area contributed by atoms with E-state index in [0.29, 0.717) is 6.61 Å². The van der Waals surface area contributed by atoms with E-state index in [1.807, 2.05) is 12.1 Å². The number of methoxy groups -OCH3 is 2. The molecule has 0 aliphatic carbocycles. The fourth-order valence-electron chi connectivity index (χ4n) is 2.19. The molecular weight excluding hydrogens is 250 g/mol. The number of benzene rings is 2. The van der Waals surface area contributed by atoms with Gasteiger partial charge in [-0.05, 0) is 41.8 Å². The third kappa shape index (κ3) is 3.75. The maximum atomic E-state index is 5.27. The van der Waals surface area contributed by atoms with Crippen LogP contribution in [0.3, 0.4) is 0 Å². The fourth-order valence-corrected chi connectivity index (χ4v) is 2.19. The van der Waals surface area contributed by atoms with Crippen LogP contribution in [-0.4, -0.2) is 14.2 Å². The van der Waals surface area contributed by atoms with Crippen molar-refractivity contribution in [3.05, 3.63) is 59.2 Å². The molecule has 0 amide bonds. The lowest BCUT2D eigenvalue weighted by Crippen LogP contribution is -2.01. The van der Waals surface area contributed by atoms with Crippen molar-refractivity contribution in [1.82, 2.24) is 0 Å². The van der Waals surface area contributed by atoms with Crippen LogP contribution in [0.15, 0.2) is 42.5 Å². The molecule has 0 saturated heterocycles. The zero-order chi connectivity index (χ0) is 14.4. The molecule has 2 rings (SSSR count). The maximum absolute atomic E-state index is 5.27. The zero-order valence-electron chi connectivity index (χ0n) is 12.3. The molecule has 0 heterocycles. The van der Waals surface area contributed by atoms with E-state index in [4.69, 9.17) is 9.47 Å². The van der Waals surface area contributed by atoms with Crippen molar-refractivity contribution in [2.75, 3.05) is 19.5 Å². The van der Waals surface area contributed by atoms with Crippen molar-refractivity contribution in [2.24, 2.45) is 0 Å². The average Bonchev–Trinajstić information content (AvgIpc) is 2.46. The molecule has 2 aromatic carbocycles. The van der Waals surface area contributed by atoms with Crippen molar-refractivity contribution in [3.63, 3.8) is 0 Å². The molecule has 0 bridgehead atoms. The number of hydrogen-bond acceptors (Lipinski definition) is 3. The highest BCUT2D eigenvalue weighted by Crippen LogP contribution is 2.19. The van der Waals surface area contributed by atoms with Crippen molar-refractivity contribution in [1.29, 1.82) is 0 Å². The summed E-state index contributed by atoms with van der Waals surface area (Å²) in [6.45, 7) is 3.49. The molecule has 0 radical (unpaired) electrons. The van der Waals surface area contributed by atoms with Crippen LogP contribution in [0.25, 0.3) is 0 Å². The van der Waals surface area contributed by atoms with E-state index in [2.05, 4.69) is 42.6 Å². The zero-order valence-corrected chi connectivity index (χ0v) is 12.3. The highest BCUT2D eigenvalue weighted by Gasteiger charge is 2.01. The van der Waals surface area contributed by atoms with Crippen LogP contribution in [0, 0.1) is 6.92 Å². The molecule has 3 nitrogen and oxygen atoms in total. The van der Waals surface area contributed by atoms with Gasteiger partial charge in [-0.2, -0.15) is 0 Å². The number of nitrogens with one attached hydrogen (secondary N) is 1. The predicted molar refractivity (Wildman–Crippen MR) is 82.2 cm³/mol. The normalized spacial score (nSPS) is 10.3. The second-order valence-corrected chi connectivity index (χ2v) is 4.79. The Morgan fingerprint density at radius 3 is 2.55 bits per heavy atom. The first-order valence-corrected chi connectivity index (χ1v) is 6.68. The lowest BCUT2D eigenvalue weighted by atomic mass is 10.1. The van der Waals surface area contributed by atoms with Crippen LogP contribution >= 0.6 is 0 Å². The second-order valence-electron chi connectivity index (χ2n) is 4.79. The lowest BCUT2D eigenvalue weighted by Gasteiger charge is -2.10. The van der Waals surface area contributed by atoms with Gasteiger partial charge in [0.2, 0.25) is 0 Å². The van der Waals surface area contributed by atoms with Gasteiger partial charge in [-0.25, -0.2) is 0 Å². The Morgan fingerprint density at radius 1 is 1.00 bits per heavy atom. The Hall–Kier alpha value is -2.00. The minimum Gasteiger partial charge on any atom is -0.496 e. The Morgan fingerprint density at radius 2 is 1.85 bits per heavy atom. The van der Waals surface area contributed by atoms with Crippen LogP contribution in [0.2, 0.25) is 0 Å². The highest BCUT2D eigenvalue weighted by atomic mass is 16.5. The third-order valence-electron chi connectivity index (χ3n) is 3.19. The quantitative estimate of drug-likeness (QED) is 0.867. The standard InChI is InChI=1S/C17H21NO2/c1-13-9-14(7-8-17(13)20-3)11-18-16-6-4-5-15(10-16)12-19-2/h4-10,18H,11-12H2,1-3H3. The Balaban J connectivity index is 2.01.